The fourth-order valence-corrected chi connectivity index (χ4v) is 7.03. The van der Waals surface area contributed by atoms with Gasteiger partial charge in [0.25, 0.3) is 0 Å². The summed E-state index contributed by atoms with van der Waals surface area (Å²) in [5, 5.41) is 19.2. The van der Waals surface area contributed by atoms with Gasteiger partial charge in [-0.15, -0.1) is 0 Å². The number of rotatable bonds is 11. The Kier molecular flexibility index (Phi) is 8.63. The van der Waals surface area contributed by atoms with Crippen LogP contribution in [0.4, 0.5) is 5.13 Å². The summed E-state index contributed by atoms with van der Waals surface area (Å²) in [5.41, 5.74) is 3.22. The normalized spacial score (nSPS) is 19.0. The maximum atomic E-state index is 11.6. The molecular formula is C31H33Cl2N3O5S. The molecule has 2 aliphatic rings. The van der Waals surface area contributed by atoms with Crippen LogP contribution in [0.2, 0.25) is 10.0 Å². The van der Waals surface area contributed by atoms with Gasteiger partial charge in [0, 0.05) is 23.6 Å². The molecule has 2 aliphatic carbocycles. The molecule has 6 rings (SSSR count). The average molecular weight is 631 g/mol. The van der Waals surface area contributed by atoms with Crippen LogP contribution in [0.5, 0.6) is 5.75 Å². The smallest absolute Gasteiger partial charge is 0.335 e. The molecule has 11 heteroatoms. The Hall–Kier alpha value is -2.85. The minimum absolute atomic E-state index is 0.0849. The Morgan fingerprint density at radius 1 is 1.14 bits per heavy atom. The molecule has 2 N–H and O–H groups in total. The lowest BCUT2D eigenvalue weighted by Crippen LogP contribution is -2.25. The van der Waals surface area contributed by atoms with E-state index in [1.165, 1.54) is 11.3 Å². The first kappa shape index (κ1) is 29.2. The highest BCUT2D eigenvalue weighted by atomic mass is 35.5. The molecule has 2 aromatic heterocycles. The average Bonchev–Trinajstić information content (AvgIpc) is 3.58. The topological polar surface area (TPSA) is 107 Å². The number of aromatic nitrogens is 2. The number of benzene rings is 2. The summed E-state index contributed by atoms with van der Waals surface area (Å²) in [5.74, 6) is 1.29. The number of halogens is 2. The number of carbonyl (C=O) groups is 1. The second-order valence-electron chi connectivity index (χ2n) is 11.4. The molecule has 2 saturated carbocycles. The third-order valence-electron chi connectivity index (χ3n) is 7.83. The van der Waals surface area contributed by atoms with Crippen LogP contribution in [0.1, 0.15) is 80.0 Å². The van der Waals surface area contributed by atoms with Crippen LogP contribution in [0.25, 0.3) is 21.5 Å². The number of anilines is 1. The van der Waals surface area contributed by atoms with Crippen LogP contribution in [0, 0.1) is 5.92 Å². The van der Waals surface area contributed by atoms with Gasteiger partial charge in [0.15, 0.2) is 5.13 Å². The van der Waals surface area contributed by atoms with E-state index in [4.69, 9.17) is 42.2 Å². The van der Waals surface area contributed by atoms with Crippen molar-refractivity contribution in [2.75, 3.05) is 11.9 Å². The summed E-state index contributed by atoms with van der Waals surface area (Å²) < 4.78 is 18.9. The molecule has 0 spiro atoms. The monoisotopic (exact) mass is 629 g/mol. The third kappa shape index (κ3) is 6.39. The van der Waals surface area contributed by atoms with E-state index in [-0.39, 0.29) is 17.8 Å². The number of carboxylic acid groups (broad SMARTS) is 1. The summed E-state index contributed by atoms with van der Waals surface area (Å²) in [4.78, 5) is 16.3. The first-order valence-corrected chi connectivity index (χ1v) is 16.0. The number of hydrogen-bond acceptors (Lipinski definition) is 8. The SMILES string of the molecule is CC(C)Oc1cc(C(=O)O)cc2sc(NCC3CCC(OCc4c(-c5c(Cl)cccc5Cl)noc4C4CC4)CC3)nc12. The van der Waals surface area contributed by atoms with Gasteiger partial charge in [0.2, 0.25) is 0 Å². The van der Waals surface area contributed by atoms with E-state index < -0.39 is 5.97 Å². The molecule has 4 aromatic rings. The van der Waals surface area contributed by atoms with Crippen molar-refractivity contribution < 1.29 is 23.9 Å². The third-order valence-corrected chi connectivity index (χ3v) is 9.42. The molecule has 8 nitrogen and oxygen atoms in total. The largest absolute Gasteiger partial charge is 0.489 e. The maximum absolute atomic E-state index is 11.6. The quantitative estimate of drug-likeness (QED) is 0.169. The minimum Gasteiger partial charge on any atom is -0.489 e. The number of carboxylic acids is 1. The van der Waals surface area contributed by atoms with E-state index in [1.807, 2.05) is 32.0 Å². The van der Waals surface area contributed by atoms with Crippen molar-refractivity contribution in [2.45, 2.75) is 77.1 Å². The van der Waals surface area contributed by atoms with E-state index in [2.05, 4.69) is 10.5 Å². The first-order valence-electron chi connectivity index (χ1n) is 14.4. The molecule has 0 amide bonds. The van der Waals surface area contributed by atoms with Gasteiger partial charge >= 0.3 is 5.97 Å². The van der Waals surface area contributed by atoms with Gasteiger partial charge in [-0.05, 0) is 82.6 Å². The van der Waals surface area contributed by atoms with Crippen molar-refractivity contribution in [3.63, 3.8) is 0 Å². The second-order valence-corrected chi connectivity index (χ2v) is 13.2. The lowest BCUT2D eigenvalue weighted by atomic mass is 9.87. The Balaban J connectivity index is 1.06. The number of ether oxygens (including phenoxy) is 2. The highest BCUT2D eigenvalue weighted by molar-refractivity contribution is 7.22. The summed E-state index contributed by atoms with van der Waals surface area (Å²) in [6.07, 6.45) is 6.27. The number of thiazole rings is 1. The fourth-order valence-electron chi connectivity index (χ4n) is 5.53. The van der Waals surface area contributed by atoms with Crippen molar-refractivity contribution in [1.82, 2.24) is 10.1 Å². The first-order chi connectivity index (χ1) is 20.3. The molecule has 2 fully saturated rings. The molecule has 0 atom stereocenters. The van der Waals surface area contributed by atoms with E-state index in [9.17, 15) is 9.90 Å². The van der Waals surface area contributed by atoms with Crippen LogP contribution in [0.3, 0.4) is 0 Å². The van der Waals surface area contributed by atoms with Gasteiger partial charge in [-0.2, -0.15) is 0 Å². The molecule has 2 heterocycles. The van der Waals surface area contributed by atoms with E-state index >= 15 is 0 Å². The molecular weight excluding hydrogens is 597 g/mol. The number of nitrogens with zero attached hydrogens (tertiary/aromatic N) is 2. The number of fused-ring (bicyclic) bond motifs is 1. The predicted octanol–water partition coefficient (Wildman–Crippen LogP) is 8.81. The van der Waals surface area contributed by atoms with E-state index in [0.29, 0.717) is 51.0 Å². The summed E-state index contributed by atoms with van der Waals surface area (Å²) >= 11 is 14.5. The van der Waals surface area contributed by atoms with Gasteiger partial charge in [0.05, 0.1) is 39.1 Å². The van der Waals surface area contributed by atoms with Crippen molar-refractivity contribution in [3.05, 3.63) is 57.3 Å². The Morgan fingerprint density at radius 2 is 1.88 bits per heavy atom. The van der Waals surface area contributed by atoms with Crippen LogP contribution in [-0.4, -0.2) is 40.0 Å². The molecule has 2 aromatic carbocycles. The van der Waals surface area contributed by atoms with Gasteiger partial charge < -0.3 is 24.4 Å². The highest BCUT2D eigenvalue weighted by Crippen LogP contribution is 2.46. The Morgan fingerprint density at radius 3 is 2.55 bits per heavy atom. The molecule has 0 unspecified atom stereocenters. The van der Waals surface area contributed by atoms with Crippen molar-refractivity contribution >= 4 is 55.9 Å². The zero-order valence-corrected chi connectivity index (χ0v) is 25.8. The van der Waals surface area contributed by atoms with Gasteiger partial charge in [-0.1, -0.05) is 45.8 Å². The standard InChI is InChI=1S/C31H33Cl2N3O5S/c1-16(2)40-24-12-19(30(37)38)13-25-28(24)35-31(42-25)34-14-17-6-10-20(11-7-17)39-15-21-27(36-41-29(21)18-8-9-18)26-22(32)4-3-5-23(26)33/h3-5,12-13,16-18,20H,6-11,14-15H2,1-2H3,(H,34,35)(H,37,38). The molecule has 0 radical (unpaired) electrons. The molecule has 42 heavy (non-hydrogen) atoms. The van der Waals surface area contributed by atoms with Gasteiger partial charge in [-0.3, -0.25) is 0 Å². The zero-order valence-electron chi connectivity index (χ0n) is 23.5. The second kappa shape index (κ2) is 12.4. The van der Waals surface area contributed by atoms with Crippen molar-refractivity contribution in [3.8, 4) is 17.0 Å². The van der Waals surface area contributed by atoms with E-state index in [0.717, 1.165) is 66.2 Å². The molecule has 0 saturated heterocycles. The lowest BCUT2D eigenvalue weighted by molar-refractivity contribution is 0.00788. The Labute approximate surface area is 258 Å². The molecule has 0 aliphatic heterocycles. The van der Waals surface area contributed by atoms with Gasteiger partial charge in [-0.25, -0.2) is 9.78 Å². The maximum Gasteiger partial charge on any atom is 0.335 e. The zero-order chi connectivity index (χ0) is 29.4. The van der Waals surface area contributed by atoms with Crippen LogP contribution in [0.15, 0.2) is 34.9 Å². The van der Waals surface area contributed by atoms with Crippen LogP contribution >= 0.6 is 34.5 Å². The summed E-state index contributed by atoms with van der Waals surface area (Å²) in [6, 6.07) is 8.66. The fraction of sp³-hybridized carbons (Fsp3) is 0.452. The van der Waals surface area contributed by atoms with Crippen LogP contribution < -0.4 is 10.1 Å². The van der Waals surface area contributed by atoms with Crippen molar-refractivity contribution in [2.24, 2.45) is 5.92 Å². The summed E-state index contributed by atoms with van der Waals surface area (Å²) in [6.45, 7) is 5.04. The number of hydrogen-bond donors (Lipinski definition) is 2. The minimum atomic E-state index is -0.982. The highest BCUT2D eigenvalue weighted by Gasteiger charge is 2.34. The number of nitrogens with one attached hydrogen (secondary N) is 1. The molecule has 222 valence electrons. The van der Waals surface area contributed by atoms with Gasteiger partial charge in [0.1, 0.15) is 22.7 Å². The lowest BCUT2D eigenvalue weighted by Gasteiger charge is -2.28. The van der Waals surface area contributed by atoms with E-state index in [1.54, 1.807) is 12.1 Å². The van der Waals surface area contributed by atoms with Crippen LogP contribution in [-0.2, 0) is 11.3 Å². The van der Waals surface area contributed by atoms with Crippen molar-refractivity contribution in [1.29, 1.82) is 0 Å². The Bertz CT molecular complexity index is 1570. The predicted molar refractivity (Wildman–Crippen MR) is 165 cm³/mol. The molecule has 0 bridgehead atoms. The number of aromatic carboxylic acids is 1. The summed E-state index contributed by atoms with van der Waals surface area (Å²) in [7, 11) is 0.